The summed E-state index contributed by atoms with van der Waals surface area (Å²) in [6, 6.07) is 8.40. The molecule has 1 amide bonds. The standard InChI is InChI=1S/C21H24N2O4S/c1-14(2)20-18-12-17(9-10-19(18)22-21(20)24)28(25,26)23(15-6-3-4-7-15)13-16-8-5-11-27-16/h5,8-12,15H,3-4,6-7,13H2,1-2H3,(H,22,24). The Hall–Kier alpha value is -2.38. The molecule has 1 fully saturated rings. The van der Waals surface area contributed by atoms with E-state index in [1.165, 1.54) is 0 Å². The van der Waals surface area contributed by atoms with Crippen LogP contribution in [0.1, 0.15) is 50.9 Å². The van der Waals surface area contributed by atoms with E-state index in [4.69, 9.17) is 4.42 Å². The first-order valence-corrected chi connectivity index (χ1v) is 11.0. The summed E-state index contributed by atoms with van der Waals surface area (Å²) < 4.78 is 34.1. The maximum Gasteiger partial charge on any atom is 0.256 e. The van der Waals surface area contributed by atoms with E-state index < -0.39 is 10.0 Å². The lowest BCUT2D eigenvalue weighted by Gasteiger charge is -2.27. The molecule has 2 heterocycles. The molecule has 0 bridgehead atoms. The molecular formula is C21H24N2O4S. The third-order valence-corrected chi connectivity index (χ3v) is 7.36. The maximum absolute atomic E-state index is 13.6. The van der Waals surface area contributed by atoms with Crippen LogP contribution in [0, 0.1) is 0 Å². The first kappa shape index (κ1) is 19.0. The summed E-state index contributed by atoms with van der Waals surface area (Å²) in [4.78, 5) is 12.5. The van der Waals surface area contributed by atoms with Crippen LogP contribution in [0.3, 0.4) is 0 Å². The van der Waals surface area contributed by atoms with Gasteiger partial charge in [-0.2, -0.15) is 4.31 Å². The Bertz CT molecular complexity index is 1030. The van der Waals surface area contributed by atoms with E-state index in [2.05, 4.69) is 5.32 Å². The molecule has 0 atom stereocenters. The van der Waals surface area contributed by atoms with Crippen molar-refractivity contribution < 1.29 is 17.6 Å². The van der Waals surface area contributed by atoms with Crippen molar-refractivity contribution in [1.29, 1.82) is 0 Å². The fourth-order valence-corrected chi connectivity index (χ4v) is 5.78. The van der Waals surface area contributed by atoms with Crippen molar-refractivity contribution in [2.45, 2.75) is 57.0 Å². The number of sulfonamides is 1. The molecule has 28 heavy (non-hydrogen) atoms. The molecule has 2 aliphatic rings. The molecule has 0 saturated heterocycles. The van der Waals surface area contributed by atoms with Crippen molar-refractivity contribution in [3.63, 3.8) is 0 Å². The predicted octanol–water partition coefficient (Wildman–Crippen LogP) is 4.16. The molecular weight excluding hydrogens is 376 g/mol. The molecule has 1 aromatic carbocycles. The maximum atomic E-state index is 13.6. The Morgan fingerprint density at radius 2 is 1.96 bits per heavy atom. The number of furan rings is 1. The molecule has 4 rings (SSSR count). The SMILES string of the molecule is CC(C)=C1C(=O)Nc2ccc(S(=O)(=O)N(Cc3ccco3)C3CCCC3)cc21. The van der Waals surface area contributed by atoms with Crippen LogP contribution in [0.25, 0.3) is 5.57 Å². The smallest absolute Gasteiger partial charge is 0.256 e. The largest absolute Gasteiger partial charge is 0.468 e. The van der Waals surface area contributed by atoms with Gasteiger partial charge in [-0.15, -0.1) is 0 Å². The number of carbonyl (C=O) groups is 1. The van der Waals surface area contributed by atoms with Crippen LogP contribution in [0.5, 0.6) is 0 Å². The van der Waals surface area contributed by atoms with Crippen LogP contribution in [0.15, 0.2) is 51.5 Å². The highest BCUT2D eigenvalue weighted by Gasteiger charge is 2.35. The summed E-state index contributed by atoms with van der Waals surface area (Å²) in [5.74, 6) is 0.436. The zero-order chi connectivity index (χ0) is 19.9. The lowest BCUT2D eigenvalue weighted by molar-refractivity contribution is -0.110. The fourth-order valence-electron chi connectivity index (χ4n) is 4.10. The van der Waals surface area contributed by atoms with Crippen molar-refractivity contribution in [2.75, 3.05) is 5.32 Å². The number of carbonyl (C=O) groups excluding carboxylic acids is 1. The second-order valence-electron chi connectivity index (χ2n) is 7.60. The van der Waals surface area contributed by atoms with Gasteiger partial charge in [0.15, 0.2) is 0 Å². The van der Waals surface area contributed by atoms with Crippen LogP contribution in [0.2, 0.25) is 0 Å². The normalized spacial score (nSPS) is 17.2. The summed E-state index contributed by atoms with van der Waals surface area (Å²) in [5.41, 5.74) is 2.70. The van der Waals surface area contributed by atoms with E-state index in [0.717, 1.165) is 31.3 Å². The number of nitrogens with one attached hydrogen (secondary N) is 1. The number of allylic oxidation sites excluding steroid dienone is 1. The molecule has 1 aromatic heterocycles. The Labute approximate surface area is 165 Å². The van der Waals surface area contributed by atoms with Crippen LogP contribution in [-0.2, 0) is 21.4 Å². The molecule has 2 aromatic rings. The highest BCUT2D eigenvalue weighted by atomic mass is 32.2. The average molecular weight is 401 g/mol. The van der Waals surface area contributed by atoms with E-state index in [1.807, 2.05) is 13.8 Å². The van der Waals surface area contributed by atoms with E-state index in [1.54, 1.807) is 40.9 Å². The van der Waals surface area contributed by atoms with Crippen molar-refractivity contribution in [3.05, 3.63) is 53.5 Å². The summed E-state index contributed by atoms with van der Waals surface area (Å²) >= 11 is 0. The van der Waals surface area contributed by atoms with E-state index >= 15 is 0 Å². The number of hydrogen-bond donors (Lipinski definition) is 1. The van der Waals surface area contributed by atoms with Gasteiger partial charge in [-0.3, -0.25) is 4.79 Å². The number of amides is 1. The van der Waals surface area contributed by atoms with E-state index in [-0.39, 0.29) is 23.4 Å². The minimum atomic E-state index is -3.74. The monoisotopic (exact) mass is 400 g/mol. The molecule has 6 nitrogen and oxygen atoms in total. The second kappa shape index (κ2) is 7.22. The first-order chi connectivity index (χ1) is 13.4. The molecule has 0 unspecified atom stereocenters. The van der Waals surface area contributed by atoms with Crippen molar-refractivity contribution in [2.24, 2.45) is 0 Å². The molecule has 7 heteroatoms. The Morgan fingerprint density at radius 1 is 1.21 bits per heavy atom. The third kappa shape index (κ3) is 3.29. The van der Waals surface area contributed by atoms with Gasteiger partial charge in [0.05, 0.1) is 17.7 Å². The highest BCUT2D eigenvalue weighted by molar-refractivity contribution is 7.89. The third-order valence-electron chi connectivity index (χ3n) is 5.47. The number of hydrogen-bond acceptors (Lipinski definition) is 4. The summed E-state index contributed by atoms with van der Waals surface area (Å²) in [6.07, 6.45) is 5.32. The number of anilines is 1. The zero-order valence-corrected chi connectivity index (χ0v) is 16.9. The molecule has 0 radical (unpaired) electrons. The van der Waals surface area contributed by atoms with Crippen molar-refractivity contribution >= 4 is 27.2 Å². The predicted molar refractivity (Wildman–Crippen MR) is 107 cm³/mol. The molecule has 1 N–H and O–H groups in total. The summed E-state index contributed by atoms with van der Waals surface area (Å²) in [6.45, 7) is 3.92. The van der Waals surface area contributed by atoms with Crippen LogP contribution >= 0.6 is 0 Å². The highest BCUT2D eigenvalue weighted by Crippen LogP contribution is 2.37. The van der Waals surface area contributed by atoms with Crippen LogP contribution in [0.4, 0.5) is 5.69 Å². The molecule has 1 aliphatic heterocycles. The number of nitrogens with zero attached hydrogens (tertiary/aromatic N) is 1. The van der Waals surface area contributed by atoms with Gasteiger partial charge in [-0.1, -0.05) is 18.4 Å². The van der Waals surface area contributed by atoms with E-state index in [0.29, 0.717) is 22.6 Å². The molecule has 1 aliphatic carbocycles. The van der Waals surface area contributed by atoms with E-state index in [9.17, 15) is 13.2 Å². The fraction of sp³-hybridized carbons (Fsp3) is 0.381. The van der Waals surface area contributed by atoms with Gasteiger partial charge < -0.3 is 9.73 Å². The zero-order valence-electron chi connectivity index (χ0n) is 16.1. The molecule has 1 saturated carbocycles. The lowest BCUT2D eigenvalue weighted by atomic mass is 10.0. The Morgan fingerprint density at radius 3 is 2.61 bits per heavy atom. The lowest BCUT2D eigenvalue weighted by Crippen LogP contribution is -2.38. The van der Waals surface area contributed by atoms with Gasteiger partial charge in [0.1, 0.15) is 5.76 Å². The van der Waals surface area contributed by atoms with Crippen LogP contribution < -0.4 is 5.32 Å². The van der Waals surface area contributed by atoms with Crippen LogP contribution in [-0.4, -0.2) is 24.7 Å². The number of fused-ring (bicyclic) bond motifs is 1. The van der Waals surface area contributed by atoms with Gasteiger partial charge in [0.2, 0.25) is 10.0 Å². The number of rotatable bonds is 5. The second-order valence-corrected chi connectivity index (χ2v) is 9.49. The van der Waals surface area contributed by atoms with Gasteiger partial charge >= 0.3 is 0 Å². The summed E-state index contributed by atoms with van der Waals surface area (Å²) in [5, 5.41) is 2.81. The van der Waals surface area contributed by atoms with Gasteiger partial charge in [0, 0.05) is 22.9 Å². The minimum Gasteiger partial charge on any atom is -0.468 e. The van der Waals surface area contributed by atoms with Crippen molar-refractivity contribution in [3.8, 4) is 0 Å². The van der Waals surface area contributed by atoms with Crippen molar-refractivity contribution in [1.82, 2.24) is 4.31 Å². The molecule has 148 valence electrons. The van der Waals surface area contributed by atoms with Gasteiger partial charge in [-0.05, 0) is 57.0 Å². The quantitative estimate of drug-likeness (QED) is 0.765. The Balaban J connectivity index is 1.76. The van der Waals surface area contributed by atoms with Gasteiger partial charge in [0.25, 0.3) is 5.91 Å². The number of benzene rings is 1. The average Bonchev–Trinajstić information content (AvgIpc) is 3.38. The first-order valence-electron chi connectivity index (χ1n) is 9.55. The topological polar surface area (TPSA) is 79.6 Å². The van der Waals surface area contributed by atoms with Gasteiger partial charge in [-0.25, -0.2) is 8.42 Å². The minimum absolute atomic E-state index is 0.0361. The molecule has 0 spiro atoms. The Kier molecular flexibility index (Phi) is 4.89. The summed E-state index contributed by atoms with van der Waals surface area (Å²) in [7, 11) is -3.74.